The molecule has 2 heterocycles. The largest absolute Gasteiger partial charge is 0.294 e. The Hall–Kier alpha value is -2.48. The summed E-state index contributed by atoms with van der Waals surface area (Å²) in [6, 6.07) is 17.6. The maximum Gasteiger partial charge on any atom is 0.234 e. The van der Waals surface area contributed by atoms with Crippen LogP contribution in [0.15, 0.2) is 70.2 Å². The third-order valence-corrected chi connectivity index (χ3v) is 8.10. The van der Waals surface area contributed by atoms with Gasteiger partial charge >= 0.3 is 0 Å². The van der Waals surface area contributed by atoms with Crippen molar-refractivity contribution in [3.8, 4) is 0 Å². The van der Waals surface area contributed by atoms with Crippen LogP contribution in [0, 0.1) is 0 Å². The number of anilines is 1. The number of amides is 1. The summed E-state index contributed by atoms with van der Waals surface area (Å²) in [7, 11) is 0. The van der Waals surface area contributed by atoms with E-state index in [2.05, 4.69) is 10.2 Å². The molecular formula is C24H20ClN3O2S2. The van der Waals surface area contributed by atoms with Crippen molar-refractivity contribution in [1.29, 1.82) is 0 Å². The van der Waals surface area contributed by atoms with Gasteiger partial charge in [0.05, 0.1) is 0 Å². The van der Waals surface area contributed by atoms with E-state index in [1.165, 1.54) is 11.3 Å². The summed E-state index contributed by atoms with van der Waals surface area (Å²) >= 11 is 8.92. The number of nitrogens with zero attached hydrogens (tertiary/aromatic N) is 3. The summed E-state index contributed by atoms with van der Waals surface area (Å²) < 4.78 is 0.789. The van der Waals surface area contributed by atoms with E-state index in [0.717, 1.165) is 38.9 Å². The van der Waals surface area contributed by atoms with Crippen molar-refractivity contribution in [1.82, 2.24) is 10.2 Å². The van der Waals surface area contributed by atoms with E-state index in [1.54, 1.807) is 16.7 Å². The van der Waals surface area contributed by atoms with Crippen LogP contribution in [-0.4, -0.2) is 21.9 Å². The van der Waals surface area contributed by atoms with Gasteiger partial charge in [0.2, 0.25) is 11.0 Å². The second-order valence-corrected chi connectivity index (χ2v) is 10.4. The third-order valence-electron chi connectivity index (χ3n) is 5.74. The zero-order valence-corrected chi connectivity index (χ0v) is 19.6. The molecule has 2 aromatic carbocycles. The normalized spacial score (nSPS) is 18.8. The molecule has 2 aliphatic rings. The average Bonchev–Trinajstić information content (AvgIpc) is 3.27. The lowest BCUT2D eigenvalue weighted by Gasteiger charge is -2.36. The van der Waals surface area contributed by atoms with Crippen LogP contribution in [0.5, 0.6) is 0 Å². The van der Waals surface area contributed by atoms with Crippen molar-refractivity contribution in [2.75, 3.05) is 4.90 Å². The number of halogens is 1. The third kappa shape index (κ3) is 4.25. The molecule has 0 unspecified atom stereocenters. The summed E-state index contributed by atoms with van der Waals surface area (Å²) in [5.74, 6) is 0.661. The quantitative estimate of drug-likeness (QED) is 0.330. The first-order chi connectivity index (χ1) is 15.6. The zero-order chi connectivity index (χ0) is 22.1. The predicted molar refractivity (Wildman–Crippen MR) is 128 cm³/mol. The smallest absolute Gasteiger partial charge is 0.234 e. The monoisotopic (exact) mass is 481 g/mol. The van der Waals surface area contributed by atoms with Crippen LogP contribution in [-0.2, 0) is 15.3 Å². The van der Waals surface area contributed by atoms with Crippen molar-refractivity contribution in [2.45, 2.75) is 41.7 Å². The Bertz CT molecular complexity index is 1190. The Morgan fingerprint density at radius 1 is 1.03 bits per heavy atom. The summed E-state index contributed by atoms with van der Waals surface area (Å²) in [5.41, 5.74) is 3.72. The Kier molecular flexibility index (Phi) is 6.13. The molecule has 0 radical (unpaired) electrons. The Labute approximate surface area is 199 Å². The van der Waals surface area contributed by atoms with Crippen molar-refractivity contribution < 1.29 is 9.59 Å². The SMILES string of the molecule is O=C1CCCC2=C1[C@@H](c1ccccc1)CC(=O)N2c1nnc(SCc2ccc(Cl)cc2)s1. The van der Waals surface area contributed by atoms with Crippen LogP contribution in [0.3, 0.4) is 0 Å². The highest BCUT2D eigenvalue weighted by molar-refractivity contribution is 8.00. The maximum atomic E-state index is 13.3. The minimum atomic E-state index is -0.186. The van der Waals surface area contributed by atoms with E-state index in [-0.39, 0.29) is 24.0 Å². The summed E-state index contributed by atoms with van der Waals surface area (Å²) in [5, 5.41) is 9.87. The van der Waals surface area contributed by atoms with Crippen LogP contribution in [0.25, 0.3) is 0 Å². The van der Waals surface area contributed by atoms with Gasteiger partial charge in [-0.15, -0.1) is 10.2 Å². The lowest BCUT2D eigenvalue weighted by Crippen LogP contribution is -2.40. The van der Waals surface area contributed by atoms with E-state index in [1.807, 2.05) is 54.6 Å². The minimum Gasteiger partial charge on any atom is -0.294 e. The van der Waals surface area contributed by atoms with Crippen molar-refractivity contribution in [3.63, 3.8) is 0 Å². The van der Waals surface area contributed by atoms with Gasteiger partial charge in [0, 0.05) is 40.8 Å². The number of Topliss-reactive ketones (excluding diaryl/α,β-unsaturated/α-hetero) is 1. The fourth-order valence-electron chi connectivity index (χ4n) is 4.26. The van der Waals surface area contributed by atoms with Gasteiger partial charge in [-0.05, 0) is 36.1 Å². The number of benzene rings is 2. The number of carbonyl (C=O) groups is 2. The molecule has 5 nitrogen and oxygen atoms in total. The Morgan fingerprint density at radius 3 is 2.59 bits per heavy atom. The zero-order valence-electron chi connectivity index (χ0n) is 17.2. The molecule has 0 bridgehead atoms. The molecule has 162 valence electrons. The molecule has 1 atom stereocenters. The van der Waals surface area contributed by atoms with E-state index in [4.69, 9.17) is 11.6 Å². The van der Waals surface area contributed by atoms with Gasteiger partial charge in [-0.25, -0.2) is 0 Å². The van der Waals surface area contributed by atoms with Crippen molar-refractivity contribution in [2.24, 2.45) is 0 Å². The van der Waals surface area contributed by atoms with Crippen LogP contribution >= 0.6 is 34.7 Å². The van der Waals surface area contributed by atoms with E-state index < -0.39 is 0 Å². The molecule has 0 spiro atoms. The van der Waals surface area contributed by atoms with E-state index >= 15 is 0 Å². The highest BCUT2D eigenvalue weighted by Gasteiger charge is 2.40. The van der Waals surface area contributed by atoms with Gasteiger partial charge < -0.3 is 0 Å². The van der Waals surface area contributed by atoms with Gasteiger partial charge in [0.15, 0.2) is 10.1 Å². The number of ketones is 1. The van der Waals surface area contributed by atoms with Crippen LogP contribution < -0.4 is 4.90 Å². The first kappa shape index (κ1) is 21.4. The van der Waals surface area contributed by atoms with Crippen molar-refractivity contribution >= 4 is 51.5 Å². The molecule has 0 fully saturated rings. The van der Waals surface area contributed by atoms with Crippen LogP contribution in [0.4, 0.5) is 5.13 Å². The first-order valence-electron chi connectivity index (χ1n) is 10.4. The van der Waals surface area contributed by atoms with Crippen LogP contribution in [0.1, 0.15) is 42.7 Å². The number of thioether (sulfide) groups is 1. The van der Waals surface area contributed by atoms with Gasteiger partial charge in [0.1, 0.15) is 0 Å². The van der Waals surface area contributed by atoms with Gasteiger partial charge in [-0.3, -0.25) is 14.5 Å². The van der Waals surface area contributed by atoms with Gasteiger partial charge in [0.25, 0.3) is 0 Å². The molecule has 0 saturated heterocycles. The Morgan fingerprint density at radius 2 is 1.81 bits per heavy atom. The van der Waals surface area contributed by atoms with E-state index in [0.29, 0.717) is 23.0 Å². The fraction of sp³-hybridized carbons (Fsp3) is 0.250. The topological polar surface area (TPSA) is 63.2 Å². The maximum absolute atomic E-state index is 13.3. The van der Waals surface area contributed by atoms with Gasteiger partial charge in [-0.1, -0.05) is 77.2 Å². The standard InChI is InChI=1S/C24H20ClN3O2S2/c25-17-11-9-15(10-12-17)14-31-24-27-26-23(32-24)28-19-7-4-8-20(29)22(19)18(13-21(28)30)16-5-2-1-3-6-16/h1-3,5-6,9-12,18H,4,7-8,13-14H2/t18-/m1/s1. The number of allylic oxidation sites excluding steroid dienone is 2. The second-order valence-electron chi connectivity index (χ2n) is 7.80. The minimum absolute atomic E-state index is 0.0299. The number of aromatic nitrogens is 2. The number of hydrogen-bond acceptors (Lipinski definition) is 6. The molecule has 0 N–H and O–H groups in total. The molecule has 1 aliphatic heterocycles. The molecule has 32 heavy (non-hydrogen) atoms. The second kappa shape index (κ2) is 9.17. The molecule has 1 amide bonds. The molecule has 8 heteroatoms. The first-order valence-corrected chi connectivity index (χ1v) is 12.6. The Balaban J connectivity index is 1.43. The summed E-state index contributed by atoms with van der Waals surface area (Å²) in [6.07, 6.45) is 2.24. The van der Waals surface area contributed by atoms with Crippen molar-refractivity contribution in [3.05, 3.63) is 82.0 Å². The molecule has 1 aromatic heterocycles. The lowest BCUT2D eigenvalue weighted by molar-refractivity contribution is -0.119. The number of hydrogen-bond donors (Lipinski definition) is 0. The van der Waals surface area contributed by atoms with E-state index in [9.17, 15) is 9.59 Å². The van der Waals surface area contributed by atoms with Gasteiger partial charge in [-0.2, -0.15) is 0 Å². The molecule has 0 saturated carbocycles. The molecular weight excluding hydrogens is 462 g/mol. The summed E-state index contributed by atoms with van der Waals surface area (Å²) in [4.78, 5) is 27.9. The molecule has 5 rings (SSSR count). The average molecular weight is 482 g/mol. The highest BCUT2D eigenvalue weighted by atomic mass is 35.5. The summed E-state index contributed by atoms with van der Waals surface area (Å²) in [6.45, 7) is 0. The number of carbonyl (C=O) groups excluding carboxylic acids is 2. The predicted octanol–water partition coefficient (Wildman–Crippen LogP) is 6.01. The number of rotatable bonds is 5. The lowest BCUT2D eigenvalue weighted by atomic mass is 9.77. The fourth-order valence-corrected chi connectivity index (χ4v) is 6.23. The molecule has 1 aliphatic carbocycles. The highest BCUT2D eigenvalue weighted by Crippen LogP contribution is 2.44. The van der Waals surface area contributed by atoms with Crippen LogP contribution in [0.2, 0.25) is 5.02 Å². The molecule has 3 aromatic rings.